The lowest BCUT2D eigenvalue weighted by molar-refractivity contribution is -0.139. The smallest absolute Gasteiger partial charge is 0.331 e. The summed E-state index contributed by atoms with van der Waals surface area (Å²) in [7, 11) is 1.66. The highest BCUT2D eigenvalue weighted by molar-refractivity contribution is 7.07. The molecule has 0 aromatic carbocycles. The minimum absolute atomic E-state index is 0.255. The van der Waals surface area contributed by atoms with Crippen molar-refractivity contribution in [1.29, 1.82) is 0 Å². The lowest BCUT2D eigenvalue weighted by Crippen LogP contribution is -2.33. The van der Waals surface area contributed by atoms with Gasteiger partial charge in [0.1, 0.15) is 4.88 Å². The fourth-order valence-electron chi connectivity index (χ4n) is 1.35. The summed E-state index contributed by atoms with van der Waals surface area (Å²) < 4.78 is 5.00. The molecule has 1 atom stereocenters. The van der Waals surface area contributed by atoms with Gasteiger partial charge < -0.3 is 10.4 Å². The molecule has 0 aliphatic heterocycles. The molecule has 2 heterocycles. The van der Waals surface area contributed by atoms with Crippen LogP contribution in [-0.2, 0) is 11.8 Å². The first kappa shape index (κ1) is 12.2. The first-order chi connectivity index (χ1) is 8.58. The van der Waals surface area contributed by atoms with Gasteiger partial charge in [-0.15, -0.1) is 5.10 Å². The van der Waals surface area contributed by atoms with Crippen molar-refractivity contribution in [1.82, 2.24) is 24.7 Å². The fraction of sp³-hybridized carbons (Fsp3) is 0.222. The monoisotopic (exact) mass is 267 g/mol. The molecule has 2 aromatic heterocycles. The number of hydrogen-bond donors (Lipinski definition) is 2. The van der Waals surface area contributed by atoms with Gasteiger partial charge in [-0.25, -0.2) is 4.79 Å². The van der Waals surface area contributed by atoms with E-state index >= 15 is 0 Å². The van der Waals surface area contributed by atoms with Gasteiger partial charge in [0.25, 0.3) is 5.91 Å². The second-order valence-corrected chi connectivity index (χ2v) is 4.26. The molecule has 0 aliphatic rings. The van der Waals surface area contributed by atoms with E-state index in [4.69, 9.17) is 5.11 Å². The van der Waals surface area contributed by atoms with Crippen molar-refractivity contribution in [2.45, 2.75) is 6.04 Å². The van der Waals surface area contributed by atoms with Crippen molar-refractivity contribution in [3.8, 4) is 0 Å². The average molecular weight is 267 g/mol. The molecule has 0 aliphatic carbocycles. The number of carbonyl (C=O) groups excluding carboxylic acids is 1. The number of carboxylic acids is 1. The number of nitrogens with zero attached hydrogens (tertiary/aromatic N) is 4. The highest BCUT2D eigenvalue weighted by Crippen LogP contribution is 2.13. The van der Waals surface area contributed by atoms with Gasteiger partial charge in [-0.2, -0.15) is 5.10 Å². The summed E-state index contributed by atoms with van der Waals surface area (Å²) in [5, 5.41) is 18.9. The minimum Gasteiger partial charge on any atom is -0.479 e. The molecule has 0 bridgehead atoms. The van der Waals surface area contributed by atoms with E-state index in [1.165, 1.54) is 23.3 Å². The van der Waals surface area contributed by atoms with Crippen LogP contribution in [0.5, 0.6) is 0 Å². The number of carboxylic acid groups (broad SMARTS) is 1. The molecule has 2 N–H and O–H groups in total. The number of aromatic nitrogens is 4. The van der Waals surface area contributed by atoms with Crippen molar-refractivity contribution < 1.29 is 14.7 Å². The Morgan fingerprint density at radius 3 is 2.78 bits per heavy atom. The van der Waals surface area contributed by atoms with Crippen LogP contribution < -0.4 is 5.32 Å². The van der Waals surface area contributed by atoms with Gasteiger partial charge in [0.2, 0.25) is 0 Å². The third-order valence-electron chi connectivity index (χ3n) is 2.17. The van der Waals surface area contributed by atoms with Crippen molar-refractivity contribution >= 4 is 23.4 Å². The van der Waals surface area contributed by atoms with E-state index in [1.807, 2.05) is 0 Å². The SMILES string of the molecule is Cn1cc(C(NC(=O)c2cnns2)C(=O)O)cn1. The van der Waals surface area contributed by atoms with Crippen LogP contribution >= 0.6 is 11.5 Å². The number of aryl methyl sites for hydroxylation is 1. The fourth-order valence-corrected chi connectivity index (χ4v) is 1.76. The molecular formula is C9H9N5O3S. The zero-order valence-corrected chi connectivity index (χ0v) is 10.1. The molecule has 94 valence electrons. The summed E-state index contributed by atoms with van der Waals surface area (Å²) in [6.07, 6.45) is 4.20. The zero-order chi connectivity index (χ0) is 13.1. The Morgan fingerprint density at radius 2 is 2.28 bits per heavy atom. The predicted molar refractivity (Wildman–Crippen MR) is 61.0 cm³/mol. The molecule has 0 saturated carbocycles. The normalized spacial score (nSPS) is 12.1. The van der Waals surface area contributed by atoms with Crippen molar-refractivity contribution in [2.24, 2.45) is 7.05 Å². The largest absolute Gasteiger partial charge is 0.479 e. The van der Waals surface area contributed by atoms with E-state index in [0.29, 0.717) is 5.56 Å². The van der Waals surface area contributed by atoms with Crippen molar-refractivity contribution in [3.05, 3.63) is 29.0 Å². The lowest BCUT2D eigenvalue weighted by atomic mass is 10.1. The molecule has 8 nitrogen and oxygen atoms in total. The van der Waals surface area contributed by atoms with Gasteiger partial charge in [-0.3, -0.25) is 9.48 Å². The quantitative estimate of drug-likeness (QED) is 0.795. The maximum absolute atomic E-state index is 11.7. The molecule has 2 aromatic rings. The molecule has 18 heavy (non-hydrogen) atoms. The van der Waals surface area contributed by atoms with Gasteiger partial charge in [0, 0.05) is 18.8 Å². The highest BCUT2D eigenvalue weighted by atomic mass is 32.1. The molecule has 1 unspecified atom stereocenters. The van der Waals surface area contributed by atoms with Crippen LogP contribution in [-0.4, -0.2) is 36.4 Å². The molecule has 0 saturated heterocycles. The Bertz CT molecular complexity index is 565. The standard InChI is InChI=1S/C9H9N5O3S/c1-14-4-5(2-11-14)7(9(16)17)12-8(15)6-3-10-13-18-6/h2-4,7H,1H3,(H,12,15)(H,16,17). The van der Waals surface area contributed by atoms with Gasteiger partial charge in [0.15, 0.2) is 6.04 Å². The molecule has 0 radical (unpaired) electrons. The number of nitrogens with one attached hydrogen (secondary N) is 1. The zero-order valence-electron chi connectivity index (χ0n) is 9.27. The summed E-state index contributed by atoms with van der Waals surface area (Å²) in [5.74, 6) is -1.69. The van der Waals surface area contributed by atoms with E-state index in [1.54, 1.807) is 7.05 Å². The second kappa shape index (κ2) is 4.92. The van der Waals surface area contributed by atoms with Crippen LogP contribution in [0.3, 0.4) is 0 Å². The van der Waals surface area contributed by atoms with E-state index in [9.17, 15) is 9.59 Å². The summed E-state index contributed by atoms with van der Waals surface area (Å²) in [6, 6.07) is -1.15. The topological polar surface area (TPSA) is 110 Å². The Kier molecular flexibility index (Phi) is 3.33. The molecular weight excluding hydrogens is 258 g/mol. The number of aliphatic carboxylic acids is 1. The Hall–Kier alpha value is -2.29. The van der Waals surface area contributed by atoms with Crippen LogP contribution in [0.15, 0.2) is 18.6 Å². The molecule has 2 rings (SSSR count). The summed E-state index contributed by atoms with van der Waals surface area (Å²) in [6.45, 7) is 0. The van der Waals surface area contributed by atoms with E-state index in [-0.39, 0.29) is 4.88 Å². The summed E-state index contributed by atoms with van der Waals surface area (Å²) in [5.41, 5.74) is 0.399. The molecule has 9 heteroatoms. The molecule has 0 spiro atoms. The van der Waals surface area contributed by atoms with Gasteiger partial charge >= 0.3 is 5.97 Å². The van der Waals surface area contributed by atoms with Gasteiger partial charge in [-0.05, 0) is 11.5 Å². The maximum Gasteiger partial charge on any atom is 0.331 e. The van der Waals surface area contributed by atoms with Gasteiger partial charge in [0.05, 0.1) is 12.4 Å². The number of rotatable bonds is 4. The van der Waals surface area contributed by atoms with Crippen LogP contribution in [0.25, 0.3) is 0 Å². The molecule has 0 fully saturated rings. The van der Waals surface area contributed by atoms with Crippen LogP contribution in [0, 0.1) is 0 Å². The number of hydrogen-bond acceptors (Lipinski definition) is 6. The van der Waals surface area contributed by atoms with E-state index in [0.717, 1.165) is 11.5 Å². The third-order valence-corrected chi connectivity index (χ3v) is 2.83. The van der Waals surface area contributed by atoms with E-state index in [2.05, 4.69) is 20.0 Å². The van der Waals surface area contributed by atoms with Crippen LogP contribution in [0.4, 0.5) is 0 Å². The Balaban J connectivity index is 2.17. The van der Waals surface area contributed by atoms with Crippen LogP contribution in [0.2, 0.25) is 0 Å². The first-order valence-electron chi connectivity index (χ1n) is 4.87. The predicted octanol–water partition coefficient (Wildman–Crippen LogP) is -0.173. The minimum atomic E-state index is -1.16. The average Bonchev–Trinajstić information content (AvgIpc) is 2.95. The highest BCUT2D eigenvalue weighted by Gasteiger charge is 2.24. The van der Waals surface area contributed by atoms with Crippen molar-refractivity contribution in [3.63, 3.8) is 0 Å². The second-order valence-electron chi connectivity index (χ2n) is 3.47. The summed E-state index contributed by atoms with van der Waals surface area (Å²) >= 11 is 0.898. The summed E-state index contributed by atoms with van der Waals surface area (Å²) in [4.78, 5) is 23.1. The number of amides is 1. The van der Waals surface area contributed by atoms with Crippen LogP contribution in [0.1, 0.15) is 21.3 Å². The lowest BCUT2D eigenvalue weighted by Gasteiger charge is -2.11. The number of carbonyl (C=O) groups is 2. The van der Waals surface area contributed by atoms with Gasteiger partial charge in [-0.1, -0.05) is 4.49 Å². The maximum atomic E-state index is 11.7. The van der Waals surface area contributed by atoms with E-state index < -0.39 is 17.9 Å². The third kappa shape index (κ3) is 2.51. The Labute approximate surface area is 105 Å². The Morgan fingerprint density at radius 1 is 1.50 bits per heavy atom. The van der Waals surface area contributed by atoms with Crippen molar-refractivity contribution in [2.75, 3.05) is 0 Å². The molecule has 1 amide bonds. The first-order valence-corrected chi connectivity index (χ1v) is 5.65.